The molecule has 0 aliphatic carbocycles. The van der Waals surface area contributed by atoms with Crippen LogP contribution in [-0.4, -0.2) is 30.2 Å². The van der Waals surface area contributed by atoms with E-state index in [1.54, 1.807) is 0 Å². The molecular weight excluding hydrogens is 276 g/mol. The van der Waals surface area contributed by atoms with E-state index in [0.717, 1.165) is 25.7 Å². The third-order valence-corrected chi connectivity index (χ3v) is 3.40. The molecule has 0 saturated carbocycles. The van der Waals surface area contributed by atoms with Crippen molar-refractivity contribution in [2.75, 3.05) is 13.1 Å². The first-order valence-corrected chi connectivity index (χ1v) is 7.96. The van der Waals surface area contributed by atoms with Crippen LogP contribution in [0.1, 0.15) is 53.4 Å². The number of nitrogens with two attached hydrogens (primary N) is 1. The molecule has 0 spiro atoms. The Morgan fingerprint density at radius 3 is 2.14 bits per heavy atom. The van der Waals surface area contributed by atoms with Gasteiger partial charge in [0.05, 0.1) is 0 Å². The number of carbonyl (C=O) groups is 1. The maximum absolute atomic E-state index is 10.6. The Morgan fingerprint density at radius 1 is 1.05 bits per heavy atom. The van der Waals surface area contributed by atoms with E-state index in [-0.39, 0.29) is 0 Å². The largest absolute Gasteiger partial charge is 0.480 e. The molecule has 1 atom stereocenters. The lowest BCUT2D eigenvalue weighted by atomic mass is 10.1. The van der Waals surface area contributed by atoms with E-state index in [1.807, 2.05) is 0 Å². The van der Waals surface area contributed by atoms with E-state index in [1.165, 1.54) is 16.7 Å². The molecule has 0 aromatic carbocycles. The van der Waals surface area contributed by atoms with Gasteiger partial charge in [0.2, 0.25) is 0 Å². The second-order valence-corrected chi connectivity index (χ2v) is 6.06. The Morgan fingerprint density at radius 2 is 1.59 bits per heavy atom. The Balaban J connectivity index is 3.87. The maximum atomic E-state index is 10.6. The zero-order valence-corrected chi connectivity index (χ0v) is 14.5. The fourth-order valence-corrected chi connectivity index (χ4v) is 1.91. The highest BCUT2D eigenvalue weighted by molar-refractivity contribution is 5.73. The molecule has 4 N–H and O–H groups in total. The molecule has 0 aromatic heterocycles. The van der Waals surface area contributed by atoms with Crippen molar-refractivity contribution in [1.82, 2.24) is 5.32 Å². The normalized spacial score (nSPS) is 13.9. The molecule has 4 heteroatoms. The van der Waals surface area contributed by atoms with Gasteiger partial charge in [-0.1, -0.05) is 34.9 Å². The first-order chi connectivity index (χ1) is 10.3. The van der Waals surface area contributed by atoms with Crippen molar-refractivity contribution < 1.29 is 9.90 Å². The number of carboxylic acids is 1. The molecule has 0 heterocycles. The summed E-state index contributed by atoms with van der Waals surface area (Å²) in [4.78, 5) is 10.6. The van der Waals surface area contributed by atoms with Gasteiger partial charge in [0, 0.05) is 13.1 Å². The summed E-state index contributed by atoms with van der Waals surface area (Å²) in [5.74, 6) is -0.970. The van der Waals surface area contributed by atoms with Crippen LogP contribution in [0.3, 0.4) is 0 Å². The van der Waals surface area contributed by atoms with Crippen LogP contribution in [0.2, 0.25) is 0 Å². The molecule has 0 aromatic rings. The molecule has 0 aliphatic rings. The Hall–Kier alpha value is -1.39. The van der Waals surface area contributed by atoms with Gasteiger partial charge in [-0.3, -0.25) is 4.79 Å². The molecule has 0 aliphatic heterocycles. The Labute approximate surface area is 135 Å². The van der Waals surface area contributed by atoms with Gasteiger partial charge >= 0.3 is 5.97 Å². The van der Waals surface area contributed by atoms with Gasteiger partial charge in [-0.2, -0.15) is 0 Å². The highest BCUT2D eigenvalue weighted by Gasteiger charge is 2.09. The maximum Gasteiger partial charge on any atom is 0.321 e. The molecule has 22 heavy (non-hydrogen) atoms. The number of hydrogen-bond acceptors (Lipinski definition) is 3. The zero-order valence-electron chi connectivity index (χ0n) is 14.5. The lowest BCUT2D eigenvalue weighted by Gasteiger charge is -2.07. The van der Waals surface area contributed by atoms with Crippen molar-refractivity contribution >= 4 is 5.97 Å². The number of carboxylic acid groups (broad SMARTS) is 1. The molecule has 0 rings (SSSR count). The quantitative estimate of drug-likeness (QED) is 0.404. The van der Waals surface area contributed by atoms with Gasteiger partial charge < -0.3 is 16.2 Å². The number of aliphatic carboxylic acids is 1. The van der Waals surface area contributed by atoms with Gasteiger partial charge in [-0.25, -0.2) is 0 Å². The molecule has 0 unspecified atom stereocenters. The van der Waals surface area contributed by atoms with Crippen LogP contribution in [0.15, 0.2) is 34.9 Å². The molecule has 0 bridgehead atoms. The highest BCUT2D eigenvalue weighted by Crippen LogP contribution is 2.11. The molecule has 0 amide bonds. The number of allylic oxidation sites excluding steroid dienone is 5. The van der Waals surface area contributed by atoms with Gasteiger partial charge in [-0.05, 0) is 53.4 Å². The Bertz CT molecular complexity index is 419. The van der Waals surface area contributed by atoms with E-state index in [4.69, 9.17) is 10.8 Å². The van der Waals surface area contributed by atoms with Crippen LogP contribution < -0.4 is 11.1 Å². The van der Waals surface area contributed by atoms with Crippen molar-refractivity contribution in [2.24, 2.45) is 5.73 Å². The number of rotatable bonds is 11. The topological polar surface area (TPSA) is 75.3 Å². The van der Waals surface area contributed by atoms with Crippen LogP contribution in [0.25, 0.3) is 0 Å². The fourth-order valence-electron chi connectivity index (χ4n) is 1.91. The van der Waals surface area contributed by atoms with Crippen LogP contribution in [0, 0.1) is 0 Å². The van der Waals surface area contributed by atoms with Gasteiger partial charge in [0.25, 0.3) is 0 Å². The minimum absolute atomic E-state index is 0.294. The summed E-state index contributed by atoms with van der Waals surface area (Å²) in [6.45, 7) is 9.51. The summed E-state index contributed by atoms with van der Waals surface area (Å²) in [6, 6.07) is -0.833. The fraction of sp³-hybridized carbons (Fsp3) is 0.611. The predicted molar refractivity (Wildman–Crippen MR) is 93.9 cm³/mol. The van der Waals surface area contributed by atoms with Crippen molar-refractivity contribution in [3.63, 3.8) is 0 Å². The van der Waals surface area contributed by atoms with E-state index in [0.29, 0.717) is 13.1 Å². The van der Waals surface area contributed by atoms with Crippen LogP contribution in [0.5, 0.6) is 0 Å². The van der Waals surface area contributed by atoms with E-state index < -0.39 is 12.0 Å². The van der Waals surface area contributed by atoms with Crippen LogP contribution in [0.4, 0.5) is 0 Å². The molecule has 0 radical (unpaired) electrons. The van der Waals surface area contributed by atoms with Crippen molar-refractivity contribution in [2.45, 2.75) is 59.4 Å². The van der Waals surface area contributed by atoms with Gasteiger partial charge in [-0.15, -0.1) is 0 Å². The standard InChI is InChI=1S/C18H32N2O2/c1-14(2)7-5-8-15(3)9-6-10-16(4)11-12-20-13-17(19)18(21)22/h7,9,11,17,20H,5-6,8,10,12-13,19H2,1-4H3,(H,21,22)/b15-9+,16-11+/t17-/m0/s1. The second-order valence-electron chi connectivity index (χ2n) is 6.06. The van der Waals surface area contributed by atoms with E-state index in [9.17, 15) is 4.79 Å². The molecular formula is C18H32N2O2. The predicted octanol–water partition coefficient (Wildman–Crippen LogP) is 3.41. The van der Waals surface area contributed by atoms with Crippen molar-refractivity contribution in [3.8, 4) is 0 Å². The highest BCUT2D eigenvalue weighted by atomic mass is 16.4. The van der Waals surface area contributed by atoms with Crippen LogP contribution >= 0.6 is 0 Å². The monoisotopic (exact) mass is 308 g/mol. The number of hydrogen-bond donors (Lipinski definition) is 3. The summed E-state index contributed by atoms with van der Waals surface area (Å²) < 4.78 is 0. The first-order valence-electron chi connectivity index (χ1n) is 7.96. The van der Waals surface area contributed by atoms with Crippen molar-refractivity contribution in [1.29, 1.82) is 0 Å². The zero-order chi connectivity index (χ0) is 17.0. The summed E-state index contributed by atoms with van der Waals surface area (Å²) in [5.41, 5.74) is 9.54. The van der Waals surface area contributed by atoms with Crippen LogP contribution in [-0.2, 0) is 4.79 Å². The van der Waals surface area contributed by atoms with E-state index in [2.05, 4.69) is 51.2 Å². The van der Waals surface area contributed by atoms with E-state index >= 15 is 0 Å². The van der Waals surface area contributed by atoms with Gasteiger partial charge in [0.1, 0.15) is 6.04 Å². The molecule has 4 nitrogen and oxygen atoms in total. The van der Waals surface area contributed by atoms with Gasteiger partial charge in [0.15, 0.2) is 0 Å². The molecule has 0 saturated heterocycles. The summed E-state index contributed by atoms with van der Waals surface area (Å²) >= 11 is 0. The summed E-state index contributed by atoms with van der Waals surface area (Å²) in [6.07, 6.45) is 11.0. The lowest BCUT2D eigenvalue weighted by Crippen LogP contribution is -2.40. The lowest BCUT2D eigenvalue weighted by molar-refractivity contribution is -0.138. The third kappa shape index (κ3) is 12.4. The Kier molecular flexibility index (Phi) is 11.4. The second kappa shape index (κ2) is 12.2. The average Bonchev–Trinajstić information content (AvgIpc) is 2.42. The molecule has 0 fully saturated rings. The minimum Gasteiger partial charge on any atom is -0.480 e. The molecule has 126 valence electrons. The summed E-state index contributed by atoms with van der Waals surface area (Å²) in [5, 5.41) is 11.7. The smallest absolute Gasteiger partial charge is 0.321 e. The minimum atomic E-state index is -0.970. The average molecular weight is 308 g/mol. The summed E-state index contributed by atoms with van der Waals surface area (Å²) in [7, 11) is 0. The first kappa shape index (κ1) is 20.6. The SMILES string of the molecule is CC(C)=CCC/C(C)=C/CC/C(C)=C/CNC[C@H](N)C(=O)O. The van der Waals surface area contributed by atoms with Crippen molar-refractivity contribution in [3.05, 3.63) is 34.9 Å². The third-order valence-electron chi connectivity index (χ3n) is 3.40. The number of nitrogens with one attached hydrogen (secondary N) is 1.